The van der Waals surface area contributed by atoms with Gasteiger partial charge in [-0.05, 0) is 114 Å². The van der Waals surface area contributed by atoms with Crippen LogP contribution in [-0.2, 0) is 24.2 Å². The minimum absolute atomic E-state index is 0.0450. The maximum Gasteiger partial charge on any atom is 0.306 e. The summed E-state index contributed by atoms with van der Waals surface area (Å²) in [6.07, 6.45) is 7.55. The summed E-state index contributed by atoms with van der Waals surface area (Å²) in [5, 5.41) is 3.29. The summed E-state index contributed by atoms with van der Waals surface area (Å²) < 4.78 is 50.8. The maximum absolute atomic E-state index is 13.3. The molecule has 38 heavy (non-hydrogen) atoms. The SMILES string of the molecule is CC(C)(C)OC(=O)CC/C(=C\F)COc1ccc(S(=O)(=O)CC23CCC(NC(=O)C4CC4)(CC2)CC3)cc1. The second-order valence-electron chi connectivity index (χ2n) is 12.4. The number of ether oxygens (including phenoxy) is 2. The first kappa shape index (κ1) is 28.6. The van der Waals surface area contributed by atoms with Gasteiger partial charge in [0.05, 0.1) is 17.0 Å². The minimum atomic E-state index is -3.50. The molecular weight excluding hydrogens is 509 g/mol. The molecule has 7 nitrogen and oxygen atoms in total. The van der Waals surface area contributed by atoms with E-state index in [0.717, 1.165) is 51.4 Å². The molecule has 9 heteroatoms. The fraction of sp³-hybridized carbons (Fsp3) is 0.655. The lowest BCUT2D eigenvalue weighted by Gasteiger charge is -2.53. The molecule has 5 rings (SSSR count). The van der Waals surface area contributed by atoms with E-state index in [1.165, 1.54) is 12.1 Å². The Balaban J connectivity index is 1.27. The summed E-state index contributed by atoms with van der Waals surface area (Å²) in [6, 6.07) is 6.22. The lowest BCUT2D eigenvalue weighted by molar-refractivity contribution is -0.154. The van der Waals surface area contributed by atoms with Gasteiger partial charge in [-0.2, -0.15) is 0 Å². The summed E-state index contributed by atoms with van der Waals surface area (Å²) in [5.41, 5.74) is -0.676. The predicted octanol–water partition coefficient (Wildman–Crippen LogP) is 5.43. The van der Waals surface area contributed by atoms with Crippen LogP contribution in [0.25, 0.3) is 0 Å². The summed E-state index contributed by atoms with van der Waals surface area (Å²) in [7, 11) is -3.50. The van der Waals surface area contributed by atoms with E-state index in [9.17, 15) is 22.4 Å². The molecule has 0 aliphatic heterocycles. The molecule has 0 atom stereocenters. The number of nitrogens with one attached hydrogen (secondary N) is 1. The molecule has 0 radical (unpaired) electrons. The molecule has 1 aromatic rings. The summed E-state index contributed by atoms with van der Waals surface area (Å²) in [5.74, 6) is 0.473. The van der Waals surface area contributed by atoms with E-state index in [-0.39, 0.29) is 52.9 Å². The molecule has 1 amide bonds. The largest absolute Gasteiger partial charge is 0.489 e. The molecule has 0 unspecified atom stereocenters. The van der Waals surface area contributed by atoms with Gasteiger partial charge in [-0.15, -0.1) is 0 Å². The Labute approximate surface area is 225 Å². The predicted molar refractivity (Wildman–Crippen MR) is 142 cm³/mol. The van der Waals surface area contributed by atoms with Gasteiger partial charge < -0.3 is 14.8 Å². The van der Waals surface area contributed by atoms with Gasteiger partial charge in [0, 0.05) is 17.9 Å². The molecule has 0 heterocycles. The molecule has 2 bridgehead atoms. The number of esters is 1. The Bertz CT molecular complexity index is 1140. The van der Waals surface area contributed by atoms with Crippen LogP contribution in [0.3, 0.4) is 0 Å². The van der Waals surface area contributed by atoms with Gasteiger partial charge in [0.25, 0.3) is 0 Å². The van der Waals surface area contributed by atoms with Gasteiger partial charge in [-0.1, -0.05) is 0 Å². The van der Waals surface area contributed by atoms with Crippen molar-refractivity contribution in [1.82, 2.24) is 5.32 Å². The van der Waals surface area contributed by atoms with Crippen molar-refractivity contribution in [2.24, 2.45) is 11.3 Å². The van der Waals surface area contributed by atoms with Crippen LogP contribution in [0.4, 0.5) is 4.39 Å². The smallest absolute Gasteiger partial charge is 0.306 e. The van der Waals surface area contributed by atoms with Gasteiger partial charge in [-0.3, -0.25) is 9.59 Å². The van der Waals surface area contributed by atoms with Gasteiger partial charge >= 0.3 is 5.97 Å². The molecule has 4 aliphatic rings. The van der Waals surface area contributed by atoms with Crippen molar-refractivity contribution < 1.29 is 31.9 Å². The first-order valence-corrected chi connectivity index (χ1v) is 15.3. The fourth-order valence-electron chi connectivity index (χ4n) is 5.60. The standard InChI is InChI=1S/C29H40FNO6S/c1-27(2,3)37-25(32)11-4-21(18-30)19-36-23-7-9-24(10-8-23)38(34,35)20-28-12-15-29(16-13-28,17-14-28)31-26(33)22-5-6-22/h7-10,18,22H,4-6,11-17,19-20H2,1-3H3,(H,31,33)/b21-18+. The van der Waals surface area contributed by atoms with Crippen LogP contribution < -0.4 is 10.1 Å². The number of halogens is 1. The molecule has 1 aromatic carbocycles. The van der Waals surface area contributed by atoms with E-state index in [0.29, 0.717) is 17.7 Å². The van der Waals surface area contributed by atoms with Crippen molar-refractivity contribution in [3.63, 3.8) is 0 Å². The number of rotatable bonds is 11. The van der Waals surface area contributed by atoms with E-state index in [1.54, 1.807) is 32.9 Å². The second-order valence-corrected chi connectivity index (χ2v) is 14.4. The van der Waals surface area contributed by atoms with Crippen molar-refractivity contribution in [1.29, 1.82) is 0 Å². The number of carbonyl (C=O) groups excluding carboxylic acids is 2. The maximum atomic E-state index is 13.3. The quantitative estimate of drug-likeness (QED) is 0.370. The average Bonchev–Trinajstić information content (AvgIpc) is 3.70. The molecule has 1 N–H and O–H groups in total. The molecule has 4 aliphatic carbocycles. The van der Waals surface area contributed by atoms with E-state index < -0.39 is 21.4 Å². The highest BCUT2D eigenvalue weighted by Gasteiger charge is 2.51. The Kier molecular flexibility index (Phi) is 8.26. The molecule has 0 aromatic heterocycles. The molecule has 4 saturated carbocycles. The highest BCUT2D eigenvalue weighted by Crippen LogP contribution is 2.53. The number of hydrogen-bond acceptors (Lipinski definition) is 6. The van der Waals surface area contributed by atoms with Gasteiger partial charge in [0.15, 0.2) is 9.84 Å². The minimum Gasteiger partial charge on any atom is -0.489 e. The van der Waals surface area contributed by atoms with Gasteiger partial charge in [-0.25, -0.2) is 12.8 Å². The average molecular weight is 550 g/mol. The summed E-state index contributed by atoms with van der Waals surface area (Å²) in [6.45, 7) is 5.27. The third-order valence-corrected chi connectivity index (χ3v) is 10.0. The van der Waals surface area contributed by atoms with E-state index >= 15 is 0 Å². The molecule has 210 valence electrons. The molecular formula is C29H40FNO6S. The van der Waals surface area contributed by atoms with Crippen molar-refractivity contribution in [3.05, 3.63) is 36.2 Å². The van der Waals surface area contributed by atoms with Crippen LogP contribution in [0, 0.1) is 11.3 Å². The van der Waals surface area contributed by atoms with E-state index in [2.05, 4.69) is 5.32 Å². The summed E-state index contributed by atoms with van der Waals surface area (Å²) >= 11 is 0. The normalized spacial score (nSPS) is 25.6. The van der Waals surface area contributed by atoms with Crippen LogP contribution in [0.5, 0.6) is 5.75 Å². The molecule has 0 saturated heterocycles. The zero-order valence-electron chi connectivity index (χ0n) is 22.7. The molecule has 0 spiro atoms. The van der Waals surface area contributed by atoms with Crippen molar-refractivity contribution in [2.45, 2.75) is 101 Å². The number of carbonyl (C=O) groups is 2. The van der Waals surface area contributed by atoms with Crippen LogP contribution in [0.2, 0.25) is 0 Å². The third-order valence-electron chi connectivity index (χ3n) is 8.07. The van der Waals surface area contributed by atoms with Crippen LogP contribution >= 0.6 is 0 Å². The zero-order valence-corrected chi connectivity index (χ0v) is 23.5. The first-order chi connectivity index (χ1) is 17.8. The lowest BCUT2D eigenvalue weighted by Crippen LogP contribution is -2.58. The third kappa shape index (κ3) is 7.36. The number of fused-ring (bicyclic) bond motifs is 3. The Morgan fingerprint density at radius 2 is 1.63 bits per heavy atom. The number of benzene rings is 1. The highest BCUT2D eigenvalue weighted by atomic mass is 32.2. The van der Waals surface area contributed by atoms with Gasteiger partial charge in [0.1, 0.15) is 18.0 Å². The number of sulfone groups is 1. The van der Waals surface area contributed by atoms with Crippen molar-refractivity contribution >= 4 is 21.7 Å². The Morgan fingerprint density at radius 1 is 1.03 bits per heavy atom. The monoisotopic (exact) mass is 549 g/mol. The van der Waals surface area contributed by atoms with E-state index in [4.69, 9.17) is 9.47 Å². The Morgan fingerprint density at radius 3 is 2.16 bits per heavy atom. The van der Waals surface area contributed by atoms with Crippen molar-refractivity contribution in [2.75, 3.05) is 12.4 Å². The zero-order chi connectivity index (χ0) is 27.6. The van der Waals surface area contributed by atoms with Gasteiger partial charge in [0.2, 0.25) is 5.91 Å². The van der Waals surface area contributed by atoms with Crippen LogP contribution in [0.15, 0.2) is 41.1 Å². The van der Waals surface area contributed by atoms with Crippen LogP contribution in [-0.4, -0.2) is 43.8 Å². The highest BCUT2D eigenvalue weighted by molar-refractivity contribution is 7.91. The fourth-order valence-corrected chi connectivity index (χ4v) is 7.55. The number of amides is 1. The van der Waals surface area contributed by atoms with E-state index in [1.807, 2.05) is 0 Å². The van der Waals surface area contributed by atoms with Crippen LogP contribution in [0.1, 0.15) is 85.0 Å². The molecule has 4 fully saturated rings. The van der Waals surface area contributed by atoms with Crippen molar-refractivity contribution in [3.8, 4) is 5.75 Å². The second kappa shape index (κ2) is 11.0. The first-order valence-electron chi connectivity index (χ1n) is 13.6. The lowest BCUT2D eigenvalue weighted by atomic mass is 9.58. The topological polar surface area (TPSA) is 98.8 Å². The number of hydrogen-bond donors (Lipinski definition) is 1. The Hall–Kier alpha value is -2.42. The summed E-state index contributed by atoms with van der Waals surface area (Å²) in [4.78, 5) is 24.4.